The van der Waals surface area contributed by atoms with Crippen LogP contribution in [0.2, 0.25) is 0 Å². The molecule has 0 radical (unpaired) electrons. The molecule has 2 aliphatic rings. The number of hydrogen-bond acceptors (Lipinski definition) is 2. The van der Waals surface area contributed by atoms with Crippen LogP contribution in [0.25, 0.3) is 66.4 Å². The van der Waals surface area contributed by atoms with Crippen molar-refractivity contribution in [3.63, 3.8) is 0 Å². The maximum atomic E-state index is 6.21. The quantitative estimate of drug-likeness (QED) is 0.204. The third-order valence-electron chi connectivity index (χ3n) is 9.43. The molecular formula is C41H28O2. The first-order chi connectivity index (χ1) is 21.3. The van der Waals surface area contributed by atoms with Gasteiger partial charge in [0.25, 0.3) is 0 Å². The zero-order chi connectivity index (χ0) is 28.7. The van der Waals surface area contributed by atoms with Gasteiger partial charge in [-0.2, -0.15) is 0 Å². The second-order valence-corrected chi connectivity index (χ2v) is 11.5. The Kier molecular flexibility index (Phi) is 5.13. The second-order valence-electron chi connectivity index (χ2n) is 11.5. The van der Waals surface area contributed by atoms with E-state index in [4.69, 9.17) is 9.47 Å². The predicted molar refractivity (Wildman–Crippen MR) is 180 cm³/mol. The van der Waals surface area contributed by atoms with Crippen molar-refractivity contribution in [3.05, 3.63) is 142 Å². The molecule has 0 N–H and O–H groups in total. The van der Waals surface area contributed by atoms with E-state index in [0.717, 1.165) is 27.7 Å². The van der Waals surface area contributed by atoms with Gasteiger partial charge in [-0.3, -0.25) is 0 Å². The molecule has 7 aromatic rings. The predicted octanol–water partition coefficient (Wildman–Crippen LogP) is 8.61. The third-order valence-corrected chi connectivity index (χ3v) is 9.43. The van der Waals surface area contributed by atoms with Crippen molar-refractivity contribution in [2.24, 2.45) is 0 Å². The molecular weight excluding hydrogens is 524 g/mol. The van der Waals surface area contributed by atoms with Crippen molar-refractivity contribution in [3.8, 4) is 22.6 Å². The molecule has 43 heavy (non-hydrogen) atoms. The fraction of sp³-hybridized carbons (Fsp3) is 0.0732. The third kappa shape index (κ3) is 3.24. The molecule has 2 nitrogen and oxygen atoms in total. The summed E-state index contributed by atoms with van der Waals surface area (Å²) in [6.45, 7) is 0. The molecule has 0 aromatic heterocycles. The average molecular weight is 553 g/mol. The van der Waals surface area contributed by atoms with E-state index >= 15 is 0 Å². The monoisotopic (exact) mass is 552 g/mol. The summed E-state index contributed by atoms with van der Waals surface area (Å²) < 4.78 is 12.3. The minimum atomic E-state index is 0.0994. The summed E-state index contributed by atoms with van der Waals surface area (Å²) in [6, 6.07) is 37.1. The van der Waals surface area contributed by atoms with Crippen molar-refractivity contribution < 1.29 is 9.47 Å². The van der Waals surface area contributed by atoms with Gasteiger partial charge in [-0.05, 0) is 83.4 Å². The van der Waals surface area contributed by atoms with Crippen LogP contribution in [0.15, 0.2) is 115 Å². The molecule has 0 bridgehead atoms. The van der Waals surface area contributed by atoms with E-state index in [-0.39, 0.29) is 5.92 Å². The van der Waals surface area contributed by atoms with E-state index in [1.165, 1.54) is 65.2 Å². The Labute approximate surface area is 249 Å². The minimum absolute atomic E-state index is 0.0994. The Morgan fingerprint density at radius 2 is 1.35 bits per heavy atom. The summed E-state index contributed by atoms with van der Waals surface area (Å²) in [5, 5.41) is 12.1. The van der Waals surface area contributed by atoms with Crippen molar-refractivity contribution in [2.45, 2.75) is 5.92 Å². The average Bonchev–Trinajstić information content (AvgIpc) is 3.47. The molecule has 1 atom stereocenters. The summed E-state index contributed by atoms with van der Waals surface area (Å²) >= 11 is 0. The highest BCUT2D eigenvalue weighted by atomic mass is 16.5. The number of hydrogen-bond donors (Lipinski definition) is 0. The Balaban J connectivity index is 1.68. The molecule has 1 unspecified atom stereocenters. The highest BCUT2D eigenvalue weighted by Crippen LogP contribution is 2.50. The van der Waals surface area contributed by atoms with Crippen molar-refractivity contribution in [2.75, 3.05) is 14.2 Å². The Morgan fingerprint density at radius 3 is 2.21 bits per heavy atom. The van der Waals surface area contributed by atoms with Crippen LogP contribution in [0.3, 0.4) is 0 Å². The van der Waals surface area contributed by atoms with Gasteiger partial charge >= 0.3 is 0 Å². The van der Waals surface area contributed by atoms with Crippen molar-refractivity contribution in [1.29, 1.82) is 0 Å². The SMILES string of the molecule is COc1cccc2c1c1c(OC)cc3ccccc3c1c1c3c(c4c(c21)-c1ccccc1C=4)=CC=CC3c1ccccc1. The first kappa shape index (κ1) is 24.3. The molecule has 204 valence electrons. The van der Waals surface area contributed by atoms with Gasteiger partial charge in [0.1, 0.15) is 11.5 Å². The Bertz CT molecular complexity index is 2470. The lowest BCUT2D eigenvalue weighted by molar-refractivity contribution is 0.417. The van der Waals surface area contributed by atoms with Crippen LogP contribution in [0.4, 0.5) is 0 Å². The van der Waals surface area contributed by atoms with E-state index in [0.29, 0.717) is 0 Å². The molecule has 0 amide bonds. The van der Waals surface area contributed by atoms with E-state index in [1.54, 1.807) is 14.2 Å². The van der Waals surface area contributed by atoms with Gasteiger partial charge in [-0.25, -0.2) is 0 Å². The van der Waals surface area contributed by atoms with Gasteiger partial charge in [-0.15, -0.1) is 0 Å². The first-order valence-corrected chi connectivity index (χ1v) is 14.8. The molecule has 0 aliphatic heterocycles. The van der Waals surface area contributed by atoms with Crippen LogP contribution in [-0.2, 0) is 0 Å². The van der Waals surface area contributed by atoms with E-state index < -0.39 is 0 Å². The number of allylic oxidation sites excluding steroid dienone is 2. The topological polar surface area (TPSA) is 18.5 Å². The zero-order valence-electron chi connectivity index (χ0n) is 24.0. The summed E-state index contributed by atoms with van der Waals surface area (Å²) in [7, 11) is 3.55. The fourth-order valence-electron chi connectivity index (χ4n) is 7.73. The molecule has 0 heterocycles. The van der Waals surface area contributed by atoms with Crippen LogP contribution in [-0.4, -0.2) is 14.2 Å². The second kappa shape index (κ2) is 9.08. The molecule has 7 aromatic carbocycles. The first-order valence-electron chi connectivity index (χ1n) is 14.8. The van der Waals surface area contributed by atoms with Gasteiger partial charge in [0.2, 0.25) is 0 Å². The lowest BCUT2D eigenvalue weighted by Gasteiger charge is -2.26. The van der Waals surface area contributed by atoms with E-state index in [2.05, 4.69) is 127 Å². The van der Waals surface area contributed by atoms with E-state index in [9.17, 15) is 0 Å². The molecule has 0 spiro atoms. The molecule has 0 saturated heterocycles. The molecule has 2 aliphatic carbocycles. The van der Waals surface area contributed by atoms with Gasteiger partial charge in [0.15, 0.2) is 0 Å². The highest BCUT2D eigenvalue weighted by Gasteiger charge is 2.29. The normalized spacial score (nSPS) is 14.8. The summed E-state index contributed by atoms with van der Waals surface area (Å²) in [6.07, 6.45) is 9.31. The maximum Gasteiger partial charge on any atom is 0.128 e. The van der Waals surface area contributed by atoms with Crippen molar-refractivity contribution >= 4 is 55.2 Å². The Hall–Kier alpha value is -5.34. The largest absolute Gasteiger partial charge is 0.496 e. The van der Waals surface area contributed by atoms with Gasteiger partial charge in [0.05, 0.1) is 14.2 Å². The highest BCUT2D eigenvalue weighted by molar-refractivity contribution is 6.37. The molecule has 0 fully saturated rings. The Morgan fingerprint density at radius 1 is 0.581 bits per heavy atom. The smallest absolute Gasteiger partial charge is 0.128 e. The number of fused-ring (bicyclic) bond motifs is 15. The summed E-state index contributed by atoms with van der Waals surface area (Å²) in [5.41, 5.74) is 6.48. The maximum absolute atomic E-state index is 6.21. The number of methoxy groups -OCH3 is 2. The number of ether oxygens (including phenoxy) is 2. The van der Waals surface area contributed by atoms with Gasteiger partial charge in [-0.1, -0.05) is 109 Å². The lowest BCUT2D eigenvalue weighted by atomic mass is 9.78. The minimum Gasteiger partial charge on any atom is -0.496 e. The van der Waals surface area contributed by atoms with Crippen LogP contribution < -0.4 is 19.9 Å². The number of benzene rings is 7. The summed E-state index contributed by atoms with van der Waals surface area (Å²) in [4.78, 5) is 0. The molecule has 0 saturated carbocycles. The van der Waals surface area contributed by atoms with Gasteiger partial charge in [0, 0.05) is 22.1 Å². The van der Waals surface area contributed by atoms with Crippen LogP contribution in [0.5, 0.6) is 11.5 Å². The van der Waals surface area contributed by atoms with Crippen molar-refractivity contribution in [1.82, 2.24) is 0 Å². The van der Waals surface area contributed by atoms with Crippen LogP contribution >= 0.6 is 0 Å². The van der Waals surface area contributed by atoms with E-state index in [1.807, 2.05) is 0 Å². The van der Waals surface area contributed by atoms with Crippen LogP contribution in [0.1, 0.15) is 22.6 Å². The number of rotatable bonds is 3. The fourth-order valence-corrected chi connectivity index (χ4v) is 7.73. The summed E-state index contributed by atoms with van der Waals surface area (Å²) in [5.74, 6) is 1.81. The van der Waals surface area contributed by atoms with Gasteiger partial charge < -0.3 is 9.47 Å². The lowest BCUT2D eigenvalue weighted by Crippen LogP contribution is -2.32. The molecule has 2 heteroatoms. The molecule has 9 rings (SSSR count). The van der Waals surface area contributed by atoms with Crippen LogP contribution in [0, 0.1) is 0 Å². The standard InChI is InChI=1S/C41H28O2/c1-42-33-21-11-20-31-37(33)40-34(43-2)23-26-15-7-9-17-29(26)38(40)41-35-27(24-12-4-3-5-13-24)18-10-19-30(35)32-22-25-14-6-8-16-28(25)36(32)39(31)41/h3-23,27H,1-2H3. The zero-order valence-corrected chi connectivity index (χ0v) is 24.0.